The van der Waals surface area contributed by atoms with Gasteiger partial charge >= 0.3 is 0 Å². The largest absolute Gasteiger partial charge is 0.333 e. The van der Waals surface area contributed by atoms with Gasteiger partial charge in [0.05, 0.1) is 5.70 Å². The number of allylic oxidation sites excluding steroid dienone is 1. The molecule has 0 amide bonds. The third-order valence-corrected chi connectivity index (χ3v) is 4.40. The lowest BCUT2D eigenvalue weighted by Gasteiger charge is -2.06. The summed E-state index contributed by atoms with van der Waals surface area (Å²) >= 11 is 0. The summed E-state index contributed by atoms with van der Waals surface area (Å²) in [6.45, 7) is 7.95. The Morgan fingerprint density at radius 1 is 1.10 bits per heavy atom. The van der Waals surface area contributed by atoms with Crippen LogP contribution in [0, 0.1) is 0 Å². The van der Waals surface area contributed by atoms with E-state index in [2.05, 4.69) is 29.2 Å². The predicted octanol–water partition coefficient (Wildman–Crippen LogP) is 4.91. The average Bonchev–Trinajstić information content (AvgIpc) is 2.75. The molecular formula is C25H24N4. The fraction of sp³-hybridized carbons (Fsp3) is 0.0800. The van der Waals surface area contributed by atoms with Crippen molar-refractivity contribution in [2.75, 3.05) is 7.05 Å². The predicted molar refractivity (Wildman–Crippen MR) is 122 cm³/mol. The summed E-state index contributed by atoms with van der Waals surface area (Å²) in [7, 11) is 3.71. The van der Waals surface area contributed by atoms with E-state index < -0.39 is 0 Å². The van der Waals surface area contributed by atoms with Crippen molar-refractivity contribution in [2.45, 2.75) is 0 Å². The molecule has 0 saturated heterocycles. The Morgan fingerprint density at radius 3 is 2.62 bits per heavy atom. The Bertz CT molecular complexity index is 1150. The minimum absolute atomic E-state index is 0.643. The SMILES string of the molecule is C=Cc1ccc(/C=C/C(=C)N=c2c(-c3ccccc3)nccn2C)cc1C=NC. The Labute approximate surface area is 171 Å². The van der Waals surface area contributed by atoms with Gasteiger partial charge < -0.3 is 4.57 Å². The first-order valence-electron chi connectivity index (χ1n) is 9.30. The van der Waals surface area contributed by atoms with Gasteiger partial charge in [0.15, 0.2) is 5.49 Å². The average molecular weight is 380 g/mol. The van der Waals surface area contributed by atoms with Crippen molar-refractivity contribution in [1.29, 1.82) is 0 Å². The summed E-state index contributed by atoms with van der Waals surface area (Å²) in [6, 6.07) is 16.1. The maximum absolute atomic E-state index is 4.72. The van der Waals surface area contributed by atoms with Crippen LogP contribution >= 0.6 is 0 Å². The third-order valence-electron chi connectivity index (χ3n) is 4.40. The van der Waals surface area contributed by atoms with Gasteiger partial charge in [0.2, 0.25) is 0 Å². The van der Waals surface area contributed by atoms with Crippen molar-refractivity contribution in [3.8, 4) is 11.3 Å². The Kier molecular flexibility index (Phi) is 6.48. The zero-order valence-corrected chi connectivity index (χ0v) is 16.8. The molecule has 1 aromatic heterocycles. The van der Waals surface area contributed by atoms with Gasteiger partial charge in [0, 0.05) is 43.8 Å². The van der Waals surface area contributed by atoms with Gasteiger partial charge in [-0.3, -0.25) is 9.98 Å². The fourth-order valence-electron chi connectivity index (χ4n) is 2.93. The molecule has 29 heavy (non-hydrogen) atoms. The second kappa shape index (κ2) is 9.42. The third kappa shape index (κ3) is 4.93. The number of hydrogen-bond acceptors (Lipinski definition) is 3. The number of rotatable bonds is 6. The van der Waals surface area contributed by atoms with Crippen LogP contribution in [0.3, 0.4) is 0 Å². The van der Waals surface area contributed by atoms with Crippen molar-refractivity contribution in [3.63, 3.8) is 0 Å². The summed E-state index contributed by atoms with van der Waals surface area (Å²) in [5.41, 5.74) is 6.35. The second-order valence-corrected chi connectivity index (χ2v) is 6.49. The minimum Gasteiger partial charge on any atom is -0.333 e. The lowest BCUT2D eigenvalue weighted by atomic mass is 10.0. The molecule has 3 aromatic rings. The van der Waals surface area contributed by atoms with Crippen LogP contribution in [0.4, 0.5) is 0 Å². The van der Waals surface area contributed by atoms with E-state index >= 15 is 0 Å². The second-order valence-electron chi connectivity index (χ2n) is 6.49. The molecule has 144 valence electrons. The van der Waals surface area contributed by atoms with Crippen LogP contribution in [0.2, 0.25) is 0 Å². The number of aliphatic imine (C=N–C) groups is 1. The molecule has 0 saturated carbocycles. The van der Waals surface area contributed by atoms with Crippen molar-refractivity contribution in [2.24, 2.45) is 17.0 Å². The molecule has 0 atom stereocenters. The molecule has 2 aromatic carbocycles. The first-order chi connectivity index (χ1) is 14.1. The molecule has 0 N–H and O–H groups in total. The fourth-order valence-corrected chi connectivity index (χ4v) is 2.93. The Morgan fingerprint density at radius 2 is 1.90 bits per heavy atom. The maximum Gasteiger partial charge on any atom is 0.159 e. The van der Waals surface area contributed by atoms with Crippen molar-refractivity contribution >= 4 is 18.4 Å². The van der Waals surface area contributed by atoms with E-state index in [1.54, 1.807) is 13.2 Å². The van der Waals surface area contributed by atoms with Crippen molar-refractivity contribution < 1.29 is 0 Å². The normalized spacial score (nSPS) is 12.0. The van der Waals surface area contributed by atoms with Crippen LogP contribution in [0.5, 0.6) is 0 Å². The van der Waals surface area contributed by atoms with E-state index in [0.29, 0.717) is 5.70 Å². The zero-order chi connectivity index (χ0) is 20.6. The standard InChI is InChI=1S/C25H24N4/c1-5-21-14-13-20(17-23(21)18-26-3)12-11-19(2)28-25-24(27-15-16-29(25)4)22-9-7-6-8-10-22/h5-18H,1-2H2,3-4H3/b12-11+,26-18?,28-25?. The van der Waals surface area contributed by atoms with E-state index in [1.165, 1.54) is 0 Å². The number of aryl methyl sites for hydroxylation is 1. The summed E-state index contributed by atoms with van der Waals surface area (Å²) < 4.78 is 1.95. The summed E-state index contributed by atoms with van der Waals surface area (Å²) in [5.74, 6) is 0. The highest BCUT2D eigenvalue weighted by atomic mass is 15.0. The highest BCUT2D eigenvalue weighted by Gasteiger charge is 2.04. The quantitative estimate of drug-likeness (QED) is 0.443. The molecule has 1 heterocycles. The van der Waals surface area contributed by atoms with Gasteiger partial charge in [-0.1, -0.05) is 67.8 Å². The zero-order valence-electron chi connectivity index (χ0n) is 16.8. The van der Waals surface area contributed by atoms with E-state index in [4.69, 9.17) is 4.99 Å². The van der Waals surface area contributed by atoms with E-state index in [0.717, 1.165) is 33.4 Å². The van der Waals surface area contributed by atoms with E-state index in [1.807, 2.05) is 84.7 Å². The Balaban J connectivity index is 1.94. The highest BCUT2D eigenvalue weighted by molar-refractivity contribution is 5.86. The summed E-state index contributed by atoms with van der Waals surface area (Å²) in [5, 5.41) is 0. The Hall–Kier alpha value is -3.79. The number of benzene rings is 2. The van der Waals surface area contributed by atoms with Crippen molar-refractivity contribution in [3.05, 3.63) is 108 Å². The monoisotopic (exact) mass is 380 g/mol. The first kappa shape index (κ1) is 20.0. The number of nitrogens with zero attached hydrogens (tertiary/aromatic N) is 4. The minimum atomic E-state index is 0.643. The van der Waals surface area contributed by atoms with Crippen molar-refractivity contribution in [1.82, 2.24) is 9.55 Å². The topological polar surface area (TPSA) is 42.5 Å². The molecule has 0 unspecified atom stereocenters. The molecule has 0 radical (unpaired) electrons. The van der Waals surface area contributed by atoms with Gasteiger partial charge in [-0.15, -0.1) is 0 Å². The molecule has 3 rings (SSSR count). The van der Waals surface area contributed by atoms with E-state index in [9.17, 15) is 0 Å². The molecule has 4 nitrogen and oxygen atoms in total. The smallest absolute Gasteiger partial charge is 0.159 e. The van der Waals surface area contributed by atoms with Crippen LogP contribution in [0.1, 0.15) is 16.7 Å². The number of hydrogen-bond donors (Lipinski definition) is 0. The lowest BCUT2D eigenvalue weighted by Crippen LogP contribution is -2.21. The molecular weight excluding hydrogens is 356 g/mol. The molecule has 0 aliphatic carbocycles. The van der Waals surface area contributed by atoms with Gasteiger partial charge in [-0.25, -0.2) is 4.99 Å². The van der Waals surface area contributed by atoms with Gasteiger partial charge in [0.25, 0.3) is 0 Å². The first-order valence-corrected chi connectivity index (χ1v) is 9.30. The lowest BCUT2D eigenvalue weighted by molar-refractivity contribution is 0.816. The molecule has 0 fully saturated rings. The van der Waals surface area contributed by atoms with Gasteiger partial charge in [-0.2, -0.15) is 0 Å². The van der Waals surface area contributed by atoms with Crippen LogP contribution in [0.25, 0.3) is 23.4 Å². The van der Waals surface area contributed by atoms with Gasteiger partial charge in [-0.05, 0) is 23.3 Å². The van der Waals surface area contributed by atoms with E-state index in [-0.39, 0.29) is 0 Å². The van der Waals surface area contributed by atoms with Crippen LogP contribution in [0.15, 0.2) is 95.8 Å². The van der Waals surface area contributed by atoms with Gasteiger partial charge in [0.1, 0.15) is 5.69 Å². The molecule has 0 aliphatic rings. The summed E-state index contributed by atoms with van der Waals surface area (Å²) in [6.07, 6.45) is 11.2. The molecule has 4 heteroatoms. The molecule has 0 aliphatic heterocycles. The van der Waals surface area contributed by atoms with Crippen LogP contribution in [-0.2, 0) is 7.05 Å². The highest BCUT2D eigenvalue weighted by Crippen LogP contribution is 2.15. The summed E-state index contributed by atoms with van der Waals surface area (Å²) in [4.78, 5) is 13.4. The molecule has 0 spiro atoms. The van der Waals surface area contributed by atoms with Crippen LogP contribution < -0.4 is 5.49 Å². The van der Waals surface area contributed by atoms with Crippen LogP contribution in [-0.4, -0.2) is 22.8 Å². The molecule has 0 bridgehead atoms. The number of aromatic nitrogens is 2. The maximum atomic E-state index is 4.72.